The Labute approximate surface area is 101 Å². The van der Waals surface area contributed by atoms with Crippen molar-refractivity contribution in [1.82, 2.24) is 5.32 Å². The molecule has 0 radical (unpaired) electrons. The summed E-state index contributed by atoms with van der Waals surface area (Å²) in [5, 5.41) is 4.20. The van der Waals surface area contributed by atoms with E-state index < -0.39 is 30.5 Å². The van der Waals surface area contributed by atoms with Crippen molar-refractivity contribution >= 4 is 11.6 Å². The third kappa shape index (κ3) is 4.60. The maximum atomic E-state index is 13.2. The Balaban J connectivity index is 2.53. The molecule has 0 aromatic heterocycles. The van der Waals surface area contributed by atoms with Crippen LogP contribution < -0.4 is 10.6 Å². The molecule has 7 heteroatoms. The summed E-state index contributed by atoms with van der Waals surface area (Å²) in [4.78, 5) is 11.3. The molecule has 0 saturated heterocycles. The Hall–Kier alpha value is -1.79. The largest absolute Gasteiger partial charge is 0.405 e. The van der Waals surface area contributed by atoms with Crippen molar-refractivity contribution in [2.24, 2.45) is 0 Å². The van der Waals surface area contributed by atoms with E-state index in [0.29, 0.717) is 0 Å². The van der Waals surface area contributed by atoms with Crippen LogP contribution in [0.25, 0.3) is 0 Å². The van der Waals surface area contributed by atoms with E-state index >= 15 is 0 Å². The molecule has 1 amide bonds. The van der Waals surface area contributed by atoms with Crippen LogP contribution in [-0.2, 0) is 4.79 Å². The fourth-order valence-electron chi connectivity index (χ4n) is 1.22. The molecule has 0 spiro atoms. The highest BCUT2D eigenvalue weighted by Crippen LogP contribution is 2.14. The lowest BCUT2D eigenvalue weighted by atomic mass is 10.2. The summed E-state index contributed by atoms with van der Waals surface area (Å²) in [6.07, 6.45) is -4.46. The molecule has 0 aliphatic rings. The van der Waals surface area contributed by atoms with Gasteiger partial charge in [-0.25, -0.2) is 4.39 Å². The Bertz CT molecular complexity index is 420. The first-order chi connectivity index (χ1) is 8.29. The van der Waals surface area contributed by atoms with Gasteiger partial charge in [-0.05, 0) is 19.1 Å². The zero-order valence-electron chi connectivity index (χ0n) is 9.51. The van der Waals surface area contributed by atoms with Gasteiger partial charge in [-0.1, -0.05) is 12.1 Å². The van der Waals surface area contributed by atoms with Crippen LogP contribution >= 0.6 is 0 Å². The number of nitrogens with one attached hydrogen (secondary N) is 2. The van der Waals surface area contributed by atoms with Crippen LogP contribution in [0.2, 0.25) is 0 Å². The van der Waals surface area contributed by atoms with Gasteiger partial charge in [-0.15, -0.1) is 0 Å². The average Bonchev–Trinajstić information content (AvgIpc) is 2.28. The number of halogens is 4. The molecule has 0 bridgehead atoms. The number of benzene rings is 1. The summed E-state index contributed by atoms with van der Waals surface area (Å²) in [6.45, 7) is -0.0622. The minimum atomic E-state index is -4.46. The highest BCUT2D eigenvalue weighted by atomic mass is 19.4. The number of carbonyl (C=O) groups is 1. The molecule has 1 rings (SSSR count). The van der Waals surface area contributed by atoms with E-state index in [1.807, 2.05) is 0 Å². The predicted octanol–water partition coefficient (Wildman–Crippen LogP) is 2.30. The Morgan fingerprint density at radius 2 is 1.94 bits per heavy atom. The van der Waals surface area contributed by atoms with Gasteiger partial charge < -0.3 is 10.6 Å². The summed E-state index contributed by atoms with van der Waals surface area (Å²) in [6, 6.07) is 4.62. The van der Waals surface area contributed by atoms with E-state index in [1.165, 1.54) is 25.1 Å². The van der Waals surface area contributed by atoms with Crippen LogP contribution in [0.1, 0.15) is 6.92 Å². The quantitative estimate of drug-likeness (QED) is 0.819. The zero-order valence-corrected chi connectivity index (χ0v) is 9.51. The smallest absolute Gasteiger partial charge is 0.372 e. The molecule has 1 atom stereocenters. The Morgan fingerprint density at radius 1 is 1.33 bits per heavy atom. The van der Waals surface area contributed by atoms with E-state index in [-0.39, 0.29) is 5.69 Å². The lowest BCUT2D eigenvalue weighted by molar-refractivity contribution is -0.138. The number of hydrogen-bond acceptors (Lipinski definition) is 2. The summed E-state index contributed by atoms with van der Waals surface area (Å²) in [5.41, 5.74) is 0.0622. The van der Waals surface area contributed by atoms with Gasteiger partial charge in [0.1, 0.15) is 18.4 Å². The van der Waals surface area contributed by atoms with Crippen molar-refractivity contribution < 1.29 is 22.4 Å². The maximum Gasteiger partial charge on any atom is 0.405 e. The van der Waals surface area contributed by atoms with Crippen LogP contribution in [0.5, 0.6) is 0 Å². The molecule has 0 fully saturated rings. The summed E-state index contributed by atoms with van der Waals surface area (Å²) >= 11 is 0. The van der Waals surface area contributed by atoms with Gasteiger partial charge in [0, 0.05) is 0 Å². The number of anilines is 1. The number of amides is 1. The van der Waals surface area contributed by atoms with Gasteiger partial charge in [-0.2, -0.15) is 13.2 Å². The van der Waals surface area contributed by atoms with Crippen molar-refractivity contribution in [1.29, 1.82) is 0 Å². The van der Waals surface area contributed by atoms with Crippen molar-refractivity contribution in [2.75, 3.05) is 11.9 Å². The lowest BCUT2D eigenvalue weighted by Crippen LogP contribution is -2.42. The third-order valence-corrected chi connectivity index (χ3v) is 2.10. The molecule has 1 unspecified atom stereocenters. The molecule has 1 aromatic carbocycles. The monoisotopic (exact) mass is 264 g/mol. The van der Waals surface area contributed by atoms with Crippen LogP contribution in [0, 0.1) is 5.82 Å². The van der Waals surface area contributed by atoms with E-state index in [1.54, 1.807) is 11.4 Å². The topological polar surface area (TPSA) is 41.1 Å². The highest BCUT2D eigenvalue weighted by Gasteiger charge is 2.28. The first-order valence-corrected chi connectivity index (χ1v) is 5.15. The summed E-state index contributed by atoms with van der Waals surface area (Å²) in [5.74, 6) is -1.43. The zero-order chi connectivity index (χ0) is 13.8. The van der Waals surface area contributed by atoms with E-state index in [9.17, 15) is 22.4 Å². The molecule has 0 aliphatic carbocycles. The minimum absolute atomic E-state index is 0.0622. The molecule has 0 saturated carbocycles. The standard InChI is InChI=1S/C11H12F4N2O/c1-7(10(18)16-6-11(13,14)15)17-9-5-3-2-4-8(9)12/h2-5,7,17H,6H2,1H3,(H,16,18). The molecule has 0 aliphatic heterocycles. The van der Waals surface area contributed by atoms with Gasteiger partial charge >= 0.3 is 6.18 Å². The second kappa shape index (κ2) is 5.70. The van der Waals surface area contributed by atoms with Gasteiger partial charge in [0.05, 0.1) is 5.69 Å². The summed E-state index contributed by atoms with van der Waals surface area (Å²) in [7, 11) is 0. The number of rotatable bonds is 4. The fraction of sp³-hybridized carbons (Fsp3) is 0.364. The van der Waals surface area contributed by atoms with E-state index in [0.717, 1.165) is 0 Å². The van der Waals surface area contributed by atoms with Gasteiger partial charge in [0.2, 0.25) is 5.91 Å². The molecule has 3 nitrogen and oxygen atoms in total. The first kappa shape index (κ1) is 14.3. The lowest BCUT2D eigenvalue weighted by Gasteiger charge is -2.16. The van der Waals surface area contributed by atoms with Gasteiger partial charge in [0.15, 0.2) is 0 Å². The SMILES string of the molecule is CC(Nc1ccccc1F)C(=O)NCC(F)(F)F. The molecule has 2 N–H and O–H groups in total. The van der Waals surface area contributed by atoms with Crippen molar-refractivity contribution in [3.63, 3.8) is 0 Å². The average molecular weight is 264 g/mol. The fourth-order valence-corrected chi connectivity index (χ4v) is 1.22. The highest BCUT2D eigenvalue weighted by molar-refractivity contribution is 5.84. The molecular weight excluding hydrogens is 252 g/mol. The summed E-state index contributed by atoms with van der Waals surface area (Å²) < 4.78 is 48.8. The van der Waals surface area contributed by atoms with Gasteiger partial charge in [0.25, 0.3) is 0 Å². The van der Waals surface area contributed by atoms with E-state index in [4.69, 9.17) is 0 Å². The number of carbonyl (C=O) groups excluding carboxylic acids is 1. The number of para-hydroxylation sites is 1. The van der Waals surface area contributed by atoms with Crippen molar-refractivity contribution in [3.05, 3.63) is 30.1 Å². The maximum absolute atomic E-state index is 13.2. The second-order valence-electron chi connectivity index (χ2n) is 3.68. The van der Waals surface area contributed by atoms with Crippen molar-refractivity contribution in [3.8, 4) is 0 Å². The normalized spacial score (nSPS) is 12.9. The molecule has 1 aromatic rings. The van der Waals surface area contributed by atoms with Crippen LogP contribution in [0.4, 0.5) is 23.2 Å². The van der Waals surface area contributed by atoms with Crippen LogP contribution in [0.3, 0.4) is 0 Å². The number of alkyl halides is 3. The molecular formula is C11H12F4N2O. The predicted molar refractivity (Wildman–Crippen MR) is 58.5 cm³/mol. The Kier molecular flexibility index (Phi) is 4.52. The van der Waals surface area contributed by atoms with Gasteiger partial charge in [-0.3, -0.25) is 4.79 Å². The minimum Gasteiger partial charge on any atom is -0.372 e. The third-order valence-electron chi connectivity index (χ3n) is 2.10. The van der Waals surface area contributed by atoms with Crippen LogP contribution in [-0.4, -0.2) is 24.7 Å². The molecule has 0 heterocycles. The second-order valence-corrected chi connectivity index (χ2v) is 3.68. The van der Waals surface area contributed by atoms with Crippen molar-refractivity contribution in [2.45, 2.75) is 19.1 Å². The first-order valence-electron chi connectivity index (χ1n) is 5.15. The number of hydrogen-bond donors (Lipinski definition) is 2. The van der Waals surface area contributed by atoms with E-state index in [2.05, 4.69) is 5.32 Å². The molecule has 18 heavy (non-hydrogen) atoms. The van der Waals surface area contributed by atoms with Crippen LogP contribution in [0.15, 0.2) is 24.3 Å². The Morgan fingerprint density at radius 3 is 2.50 bits per heavy atom. The molecule has 100 valence electrons.